The van der Waals surface area contributed by atoms with Crippen molar-refractivity contribution in [3.8, 4) is 16.9 Å². The molecule has 0 fully saturated rings. The van der Waals surface area contributed by atoms with Crippen molar-refractivity contribution in [2.24, 2.45) is 16.3 Å². The second kappa shape index (κ2) is 8.91. The molecule has 3 aromatic rings. The lowest BCUT2D eigenvalue weighted by molar-refractivity contribution is -0.152. The highest BCUT2D eigenvalue weighted by atomic mass is 35.5. The van der Waals surface area contributed by atoms with Crippen LogP contribution < -0.4 is 5.73 Å². The largest absolute Gasteiger partial charge is 0.379 e. The number of amidine groups is 1. The zero-order valence-electron chi connectivity index (χ0n) is 17.4. The second-order valence-corrected chi connectivity index (χ2v) is 9.22. The predicted molar refractivity (Wildman–Crippen MR) is 125 cm³/mol. The number of nitrogens with two attached hydrogens (primary N) is 1. The highest BCUT2D eigenvalue weighted by molar-refractivity contribution is 6.35. The first-order valence-electron chi connectivity index (χ1n) is 9.35. The molecule has 0 aliphatic rings. The second-order valence-electron chi connectivity index (χ2n) is 7.94. The summed E-state index contributed by atoms with van der Waals surface area (Å²) < 4.78 is 1.65. The molecule has 162 valence electrons. The molecule has 31 heavy (non-hydrogen) atoms. The summed E-state index contributed by atoms with van der Waals surface area (Å²) in [5, 5.41) is 9.94. The third-order valence-corrected chi connectivity index (χ3v) is 5.25. The minimum atomic E-state index is -0.719. The van der Waals surface area contributed by atoms with Gasteiger partial charge in [0.05, 0.1) is 21.8 Å². The van der Waals surface area contributed by atoms with Gasteiger partial charge in [0, 0.05) is 21.2 Å². The van der Waals surface area contributed by atoms with Gasteiger partial charge in [0.1, 0.15) is 5.69 Å². The maximum absolute atomic E-state index is 12.1. The maximum atomic E-state index is 12.1. The zero-order chi connectivity index (χ0) is 22.9. The Kier molecular flexibility index (Phi) is 6.65. The maximum Gasteiger partial charge on any atom is 0.340 e. The SMILES string of the molecule is Cc1c(C(N)=NOC(=O)C(C)(C)C)nn(-c2ccc(Cl)cc2Cl)c1-c1ccc(Cl)cc1. The fraction of sp³-hybridized carbons (Fsp3) is 0.227. The lowest BCUT2D eigenvalue weighted by atomic mass is 9.98. The smallest absolute Gasteiger partial charge is 0.340 e. The lowest BCUT2D eigenvalue weighted by Crippen LogP contribution is -2.23. The van der Waals surface area contributed by atoms with E-state index in [9.17, 15) is 4.79 Å². The van der Waals surface area contributed by atoms with E-state index in [1.807, 2.05) is 19.1 Å². The number of carbonyl (C=O) groups is 1. The van der Waals surface area contributed by atoms with Gasteiger partial charge < -0.3 is 10.6 Å². The van der Waals surface area contributed by atoms with Gasteiger partial charge in [0.15, 0.2) is 5.84 Å². The number of oxime groups is 1. The van der Waals surface area contributed by atoms with E-state index in [1.54, 1.807) is 55.8 Å². The van der Waals surface area contributed by atoms with E-state index in [4.69, 9.17) is 45.4 Å². The van der Waals surface area contributed by atoms with Crippen LogP contribution in [0.25, 0.3) is 16.9 Å². The van der Waals surface area contributed by atoms with Crippen LogP contribution in [0.15, 0.2) is 47.6 Å². The molecular weight excluding hydrogens is 459 g/mol. The fourth-order valence-electron chi connectivity index (χ4n) is 2.78. The van der Waals surface area contributed by atoms with Gasteiger partial charge in [-0.3, -0.25) is 0 Å². The number of halogens is 3. The van der Waals surface area contributed by atoms with Crippen LogP contribution in [0.1, 0.15) is 32.0 Å². The molecule has 0 amide bonds. The molecule has 0 bridgehead atoms. The van der Waals surface area contributed by atoms with Gasteiger partial charge in [-0.1, -0.05) is 52.1 Å². The summed E-state index contributed by atoms with van der Waals surface area (Å²) in [5.74, 6) is -0.541. The molecule has 2 N–H and O–H groups in total. The first-order chi connectivity index (χ1) is 14.5. The zero-order valence-corrected chi connectivity index (χ0v) is 19.7. The third-order valence-electron chi connectivity index (χ3n) is 4.46. The third kappa shape index (κ3) is 5.03. The first kappa shape index (κ1) is 23.1. The average molecular weight is 480 g/mol. The summed E-state index contributed by atoms with van der Waals surface area (Å²) in [5.41, 5.74) is 8.67. The molecule has 6 nitrogen and oxygen atoms in total. The molecule has 0 radical (unpaired) electrons. The summed E-state index contributed by atoms with van der Waals surface area (Å²) in [6, 6.07) is 12.4. The molecule has 1 aromatic heterocycles. The Morgan fingerprint density at radius 1 is 1.06 bits per heavy atom. The normalized spacial score (nSPS) is 12.2. The summed E-state index contributed by atoms with van der Waals surface area (Å²) in [6.45, 7) is 7.02. The molecule has 1 heterocycles. The van der Waals surface area contributed by atoms with Crippen molar-refractivity contribution in [1.82, 2.24) is 9.78 Å². The highest BCUT2D eigenvalue weighted by Crippen LogP contribution is 2.33. The number of rotatable bonds is 4. The van der Waals surface area contributed by atoms with Crippen LogP contribution in [-0.4, -0.2) is 21.6 Å². The Bertz CT molecular complexity index is 1160. The van der Waals surface area contributed by atoms with Crippen molar-refractivity contribution in [3.63, 3.8) is 0 Å². The summed E-state index contributed by atoms with van der Waals surface area (Å²) >= 11 is 18.6. The number of aromatic nitrogens is 2. The molecule has 0 aliphatic carbocycles. The van der Waals surface area contributed by atoms with E-state index >= 15 is 0 Å². The van der Waals surface area contributed by atoms with E-state index < -0.39 is 11.4 Å². The van der Waals surface area contributed by atoms with Gasteiger partial charge in [0.2, 0.25) is 0 Å². The summed E-state index contributed by atoms with van der Waals surface area (Å²) in [7, 11) is 0. The Labute approximate surface area is 195 Å². The molecule has 9 heteroatoms. The van der Waals surface area contributed by atoms with Crippen molar-refractivity contribution in [2.45, 2.75) is 27.7 Å². The standard InChI is InChI=1S/C22H21Cl3N4O2/c1-12-18(20(26)28-31-21(30)22(2,3)4)27-29(17-10-9-15(24)11-16(17)25)19(12)13-5-7-14(23)8-6-13/h5-11H,1-4H3,(H2,26,28). The molecule has 0 unspecified atom stereocenters. The topological polar surface area (TPSA) is 82.5 Å². The highest BCUT2D eigenvalue weighted by Gasteiger charge is 2.25. The number of nitrogens with zero attached hydrogens (tertiary/aromatic N) is 3. The minimum absolute atomic E-state index is 0.0332. The van der Waals surface area contributed by atoms with Crippen LogP contribution in [0.5, 0.6) is 0 Å². The van der Waals surface area contributed by atoms with Gasteiger partial charge in [-0.05, 0) is 58.0 Å². The molecule has 0 aliphatic heterocycles. The van der Waals surface area contributed by atoms with E-state index in [1.165, 1.54) is 0 Å². The van der Waals surface area contributed by atoms with Gasteiger partial charge in [0.25, 0.3) is 0 Å². The van der Waals surface area contributed by atoms with E-state index in [0.29, 0.717) is 26.4 Å². The number of carbonyl (C=O) groups excluding carboxylic acids is 1. The van der Waals surface area contributed by atoms with Crippen molar-refractivity contribution >= 4 is 46.6 Å². The van der Waals surface area contributed by atoms with Crippen LogP contribution in [0.2, 0.25) is 15.1 Å². The molecule has 3 rings (SSSR count). The first-order valence-corrected chi connectivity index (χ1v) is 10.5. The Morgan fingerprint density at radius 2 is 1.68 bits per heavy atom. The van der Waals surface area contributed by atoms with Gasteiger partial charge >= 0.3 is 5.97 Å². The number of hydrogen-bond acceptors (Lipinski definition) is 4. The minimum Gasteiger partial charge on any atom is -0.379 e. The summed E-state index contributed by atoms with van der Waals surface area (Å²) in [4.78, 5) is 17.1. The van der Waals surface area contributed by atoms with E-state index in [2.05, 4.69) is 10.3 Å². The lowest BCUT2D eigenvalue weighted by Gasteiger charge is -2.12. The predicted octanol–water partition coefficient (Wildman–Crippen LogP) is 6.02. The van der Waals surface area contributed by atoms with Crippen LogP contribution >= 0.6 is 34.8 Å². The Morgan fingerprint density at radius 3 is 2.26 bits per heavy atom. The van der Waals surface area contributed by atoms with Crippen LogP contribution in [0.4, 0.5) is 0 Å². The van der Waals surface area contributed by atoms with Gasteiger partial charge in [-0.2, -0.15) is 5.10 Å². The number of hydrogen-bond donors (Lipinski definition) is 1. The van der Waals surface area contributed by atoms with Crippen molar-refractivity contribution in [3.05, 3.63) is 68.8 Å². The monoisotopic (exact) mass is 478 g/mol. The number of benzene rings is 2. The van der Waals surface area contributed by atoms with Crippen LogP contribution in [0.3, 0.4) is 0 Å². The average Bonchev–Trinajstić information content (AvgIpc) is 3.02. The molecule has 0 spiro atoms. The summed E-state index contributed by atoms with van der Waals surface area (Å²) in [6.07, 6.45) is 0. The quantitative estimate of drug-likeness (QED) is 0.215. The molecule has 0 saturated carbocycles. The van der Waals surface area contributed by atoms with Crippen molar-refractivity contribution in [2.75, 3.05) is 0 Å². The molecule has 2 aromatic carbocycles. The van der Waals surface area contributed by atoms with E-state index in [0.717, 1.165) is 16.8 Å². The molecule has 0 atom stereocenters. The van der Waals surface area contributed by atoms with Gasteiger partial charge in [-0.25, -0.2) is 9.48 Å². The van der Waals surface area contributed by atoms with Crippen LogP contribution in [-0.2, 0) is 9.63 Å². The van der Waals surface area contributed by atoms with Crippen molar-refractivity contribution < 1.29 is 9.63 Å². The van der Waals surface area contributed by atoms with Gasteiger partial charge in [-0.15, -0.1) is 0 Å². The van der Waals surface area contributed by atoms with Crippen molar-refractivity contribution in [1.29, 1.82) is 0 Å². The van der Waals surface area contributed by atoms with E-state index in [-0.39, 0.29) is 5.84 Å². The Hall–Kier alpha value is -2.54. The Balaban J connectivity index is 2.16. The molecular formula is C22H21Cl3N4O2. The fourth-order valence-corrected chi connectivity index (χ4v) is 3.40. The van der Waals surface area contributed by atoms with Crippen LogP contribution in [0, 0.1) is 12.3 Å². The molecule has 0 saturated heterocycles.